The topological polar surface area (TPSA) is 64.7 Å². The average molecular weight is 304 g/mol. The Bertz CT molecular complexity index is 484. The van der Waals surface area contributed by atoms with Gasteiger partial charge in [-0.15, -0.1) is 0 Å². The van der Waals surface area contributed by atoms with Crippen LogP contribution in [0.3, 0.4) is 0 Å². The Labute approximate surface area is 131 Å². The van der Waals surface area contributed by atoms with Gasteiger partial charge in [-0.1, -0.05) is 18.2 Å². The second-order valence-electron chi connectivity index (χ2n) is 5.33. The van der Waals surface area contributed by atoms with Crippen molar-refractivity contribution in [3.8, 4) is 0 Å². The summed E-state index contributed by atoms with van der Waals surface area (Å²) in [4.78, 5) is 27.6. The number of hydrogen-bond donors (Lipinski definition) is 2. The van der Waals surface area contributed by atoms with Crippen LogP contribution in [0.25, 0.3) is 0 Å². The molecule has 1 heterocycles. The Kier molecular flexibility index (Phi) is 6.21. The van der Waals surface area contributed by atoms with Gasteiger partial charge < -0.3 is 15.5 Å². The lowest BCUT2D eigenvalue weighted by molar-refractivity contribution is -0.126. The number of piperazine rings is 1. The molecule has 0 aromatic heterocycles. The molecule has 22 heavy (non-hydrogen) atoms. The Hall–Kier alpha value is -2.08. The minimum atomic E-state index is -0.148. The molecule has 6 nitrogen and oxygen atoms in total. The van der Waals surface area contributed by atoms with Crippen molar-refractivity contribution in [3.63, 3.8) is 0 Å². The monoisotopic (exact) mass is 304 g/mol. The van der Waals surface area contributed by atoms with Gasteiger partial charge in [0, 0.05) is 38.4 Å². The lowest BCUT2D eigenvalue weighted by Gasteiger charge is -2.35. The van der Waals surface area contributed by atoms with E-state index in [9.17, 15) is 9.59 Å². The number of amides is 2. The molecule has 0 saturated carbocycles. The minimum absolute atomic E-state index is 0.0522. The first kappa shape index (κ1) is 16.3. The molecular formula is C16H24N4O2. The number of hydrogen-bond acceptors (Lipinski definition) is 4. The van der Waals surface area contributed by atoms with Crippen molar-refractivity contribution in [1.29, 1.82) is 0 Å². The normalized spacial score (nSPS) is 15.4. The summed E-state index contributed by atoms with van der Waals surface area (Å²) in [6.45, 7) is 6.36. The Morgan fingerprint density at radius 2 is 1.68 bits per heavy atom. The largest absolute Gasteiger partial charge is 0.369 e. The molecule has 0 spiro atoms. The van der Waals surface area contributed by atoms with Crippen molar-refractivity contribution in [2.45, 2.75) is 6.92 Å². The molecular weight excluding hydrogens is 280 g/mol. The Morgan fingerprint density at radius 1 is 1.00 bits per heavy atom. The molecule has 0 radical (unpaired) electrons. The van der Waals surface area contributed by atoms with Crippen molar-refractivity contribution in [2.75, 3.05) is 50.7 Å². The molecule has 0 unspecified atom stereocenters. The molecule has 1 aromatic rings. The lowest BCUT2D eigenvalue weighted by Crippen LogP contribution is -2.50. The summed E-state index contributed by atoms with van der Waals surface area (Å²) in [6, 6.07) is 10.3. The van der Waals surface area contributed by atoms with Gasteiger partial charge in [0.1, 0.15) is 0 Å². The van der Waals surface area contributed by atoms with E-state index < -0.39 is 0 Å². The van der Waals surface area contributed by atoms with Gasteiger partial charge in [-0.3, -0.25) is 14.5 Å². The SMILES string of the molecule is CCNC(=O)CNC(=O)CN1CCN(c2ccccc2)CC1. The van der Waals surface area contributed by atoms with E-state index in [1.165, 1.54) is 5.69 Å². The van der Waals surface area contributed by atoms with Crippen molar-refractivity contribution in [1.82, 2.24) is 15.5 Å². The van der Waals surface area contributed by atoms with E-state index in [4.69, 9.17) is 0 Å². The zero-order chi connectivity index (χ0) is 15.8. The maximum Gasteiger partial charge on any atom is 0.239 e. The Balaban J connectivity index is 1.69. The lowest BCUT2D eigenvalue weighted by atomic mass is 10.2. The summed E-state index contributed by atoms with van der Waals surface area (Å²) < 4.78 is 0. The number of rotatable bonds is 6. The Morgan fingerprint density at radius 3 is 2.32 bits per heavy atom. The molecule has 1 aliphatic heterocycles. The predicted octanol–water partition coefficient (Wildman–Crippen LogP) is 0.0609. The summed E-state index contributed by atoms with van der Waals surface area (Å²) in [5, 5.41) is 5.31. The quantitative estimate of drug-likeness (QED) is 0.780. The summed E-state index contributed by atoms with van der Waals surface area (Å²) in [5.74, 6) is -0.246. The number of likely N-dealkylation sites (N-methyl/N-ethyl adjacent to an activating group) is 1. The van der Waals surface area contributed by atoms with Gasteiger partial charge in [0.15, 0.2) is 0 Å². The smallest absolute Gasteiger partial charge is 0.239 e. The summed E-state index contributed by atoms with van der Waals surface area (Å²) >= 11 is 0. The van der Waals surface area contributed by atoms with Gasteiger partial charge >= 0.3 is 0 Å². The van der Waals surface area contributed by atoms with E-state index in [1.54, 1.807) is 0 Å². The summed E-state index contributed by atoms with van der Waals surface area (Å²) in [6.07, 6.45) is 0. The molecule has 1 aromatic carbocycles. The number of para-hydroxylation sites is 1. The number of anilines is 1. The van der Waals surface area contributed by atoms with Crippen molar-refractivity contribution < 1.29 is 9.59 Å². The third kappa shape index (κ3) is 5.04. The molecule has 0 aliphatic carbocycles. The summed E-state index contributed by atoms with van der Waals surface area (Å²) in [7, 11) is 0. The highest BCUT2D eigenvalue weighted by molar-refractivity contribution is 5.85. The van der Waals surface area contributed by atoms with E-state index in [-0.39, 0.29) is 18.4 Å². The highest BCUT2D eigenvalue weighted by Gasteiger charge is 2.19. The maximum absolute atomic E-state index is 11.8. The van der Waals surface area contributed by atoms with Crippen LogP contribution in [-0.2, 0) is 9.59 Å². The fourth-order valence-electron chi connectivity index (χ4n) is 2.50. The van der Waals surface area contributed by atoms with Crippen LogP contribution in [0.2, 0.25) is 0 Å². The number of benzene rings is 1. The molecule has 120 valence electrons. The zero-order valence-electron chi connectivity index (χ0n) is 13.0. The molecule has 2 amide bonds. The molecule has 1 aliphatic rings. The van der Waals surface area contributed by atoms with Crippen LogP contribution < -0.4 is 15.5 Å². The summed E-state index contributed by atoms with van der Waals surface area (Å²) in [5.41, 5.74) is 1.22. The highest BCUT2D eigenvalue weighted by atomic mass is 16.2. The average Bonchev–Trinajstić information content (AvgIpc) is 2.55. The third-order valence-electron chi connectivity index (χ3n) is 3.68. The number of carbonyl (C=O) groups is 2. The van der Waals surface area contributed by atoms with Crippen molar-refractivity contribution >= 4 is 17.5 Å². The number of nitrogens with zero attached hydrogens (tertiary/aromatic N) is 2. The number of nitrogens with one attached hydrogen (secondary N) is 2. The standard InChI is InChI=1S/C16H24N4O2/c1-2-17-15(21)12-18-16(22)13-19-8-10-20(11-9-19)14-6-4-3-5-7-14/h3-7H,2,8-13H2,1H3,(H,17,21)(H,18,22). The van der Waals surface area contributed by atoms with Crippen molar-refractivity contribution in [2.24, 2.45) is 0 Å². The highest BCUT2D eigenvalue weighted by Crippen LogP contribution is 2.15. The fourth-order valence-corrected chi connectivity index (χ4v) is 2.50. The van der Waals surface area contributed by atoms with Gasteiger partial charge in [-0.25, -0.2) is 0 Å². The second-order valence-corrected chi connectivity index (χ2v) is 5.33. The molecule has 2 N–H and O–H groups in total. The number of carbonyl (C=O) groups excluding carboxylic acids is 2. The molecule has 1 fully saturated rings. The van der Waals surface area contributed by atoms with Crippen LogP contribution >= 0.6 is 0 Å². The van der Waals surface area contributed by atoms with Crippen LogP contribution in [0.15, 0.2) is 30.3 Å². The van der Waals surface area contributed by atoms with Crippen LogP contribution in [0.5, 0.6) is 0 Å². The molecule has 2 rings (SSSR count). The molecule has 1 saturated heterocycles. The van der Waals surface area contributed by atoms with E-state index >= 15 is 0 Å². The third-order valence-corrected chi connectivity index (χ3v) is 3.68. The van der Waals surface area contributed by atoms with Gasteiger partial charge in [-0.05, 0) is 19.1 Å². The van der Waals surface area contributed by atoms with E-state index in [0.717, 1.165) is 26.2 Å². The van der Waals surface area contributed by atoms with E-state index in [0.29, 0.717) is 13.1 Å². The van der Waals surface area contributed by atoms with Gasteiger partial charge in [-0.2, -0.15) is 0 Å². The van der Waals surface area contributed by atoms with Gasteiger partial charge in [0.25, 0.3) is 0 Å². The molecule has 0 atom stereocenters. The molecule has 6 heteroatoms. The van der Waals surface area contributed by atoms with Crippen LogP contribution in [0, 0.1) is 0 Å². The maximum atomic E-state index is 11.8. The van der Waals surface area contributed by atoms with E-state index in [1.807, 2.05) is 25.1 Å². The first-order chi connectivity index (χ1) is 10.7. The van der Waals surface area contributed by atoms with Crippen molar-refractivity contribution in [3.05, 3.63) is 30.3 Å². The van der Waals surface area contributed by atoms with Crippen LogP contribution in [0.1, 0.15) is 6.92 Å². The van der Waals surface area contributed by atoms with Gasteiger partial charge in [0.05, 0.1) is 13.1 Å². The van der Waals surface area contributed by atoms with E-state index in [2.05, 4.69) is 32.6 Å². The molecule has 0 bridgehead atoms. The van der Waals surface area contributed by atoms with Crippen LogP contribution in [0.4, 0.5) is 5.69 Å². The first-order valence-corrected chi connectivity index (χ1v) is 7.74. The predicted molar refractivity (Wildman–Crippen MR) is 86.8 cm³/mol. The zero-order valence-corrected chi connectivity index (χ0v) is 13.0. The van der Waals surface area contributed by atoms with Gasteiger partial charge in [0.2, 0.25) is 11.8 Å². The first-order valence-electron chi connectivity index (χ1n) is 7.74. The second kappa shape index (κ2) is 8.38. The minimum Gasteiger partial charge on any atom is -0.369 e. The fraction of sp³-hybridized carbons (Fsp3) is 0.500. The van der Waals surface area contributed by atoms with Crippen LogP contribution in [-0.4, -0.2) is 62.5 Å².